The standard InChI is InChI=1S/C18H25ClN4O2S/c1-13-17(14(2)22-21-13)26(24,25)23-9-7-18(12-20,8-10-23)11-15-3-5-16(19)6-4-15/h3-6,13-14,17,21-22H,7-11H2,1-2H3. The van der Waals surface area contributed by atoms with E-state index in [1.165, 1.54) is 0 Å². The topological polar surface area (TPSA) is 85.2 Å². The van der Waals surface area contributed by atoms with Crippen molar-refractivity contribution >= 4 is 21.6 Å². The van der Waals surface area contributed by atoms with E-state index in [2.05, 4.69) is 16.9 Å². The van der Waals surface area contributed by atoms with Crippen LogP contribution in [0, 0.1) is 16.7 Å². The lowest BCUT2D eigenvalue weighted by Gasteiger charge is -2.38. The monoisotopic (exact) mass is 396 g/mol. The second kappa shape index (κ2) is 7.45. The first-order valence-electron chi connectivity index (χ1n) is 8.93. The van der Waals surface area contributed by atoms with Crippen molar-refractivity contribution in [3.05, 3.63) is 34.9 Å². The summed E-state index contributed by atoms with van der Waals surface area (Å²) in [7, 11) is -3.42. The highest BCUT2D eigenvalue weighted by Gasteiger charge is 2.46. The van der Waals surface area contributed by atoms with E-state index in [-0.39, 0.29) is 12.1 Å². The minimum atomic E-state index is -3.42. The van der Waals surface area contributed by atoms with Crippen LogP contribution in [0.5, 0.6) is 0 Å². The van der Waals surface area contributed by atoms with Crippen LogP contribution in [0.15, 0.2) is 24.3 Å². The van der Waals surface area contributed by atoms with Gasteiger partial charge in [-0.05, 0) is 50.8 Å². The van der Waals surface area contributed by atoms with E-state index >= 15 is 0 Å². The van der Waals surface area contributed by atoms with E-state index < -0.39 is 20.7 Å². The van der Waals surface area contributed by atoms with Gasteiger partial charge in [0, 0.05) is 30.2 Å². The van der Waals surface area contributed by atoms with Crippen molar-refractivity contribution in [1.82, 2.24) is 15.2 Å². The summed E-state index contributed by atoms with van der Waals surface area (Å²) in [4.78, 5) is 0. The number of piperidine rings is 1. The van der Waals surface area contributed by atoms with E-state index in [9.17, 15) is 13.7 Å². The Labute approximate surface area is 160 Å². The number of sulfonamides is 1. The molecule has 2 heterocycles. The summed E-state index contributed by atoms with van der Waals surface area (Å²) in [5.41, 5.74) is 6.55. The largest absolute Gasteiger partial charge is 0.253 e. The molecule has 2 aliphatic rings. The van der Waals surface area contributed by atoms with Gasteiger partial charge in [0.25, 0.3) is 0 Å². The van der Waals surface area contributed by atoms with Crippen LogP contribution in [0.25, 0.3) is 0 Å². The minimum absolute atomic E-state index is 0.147. The molecule has 1 aromatic rings. The maximum Gasteiger partial charge on any atom is 0.220 e. The van der Waals surface area contributed by atoms with Crippen LogP contribution in [0.3, 0.4) is 0 Å². The molecule has 2 atom stereocenters. The first-order chi connectivity index (χ1) is 12.3. The van der Waals surface area contributed by atoms with Gasteiger partial charge < -0.3 is 0 Å². The van der Waals surface area contributed by atoms with Crippen LogP contribution in [0.4, 0.5) is 0 Å². The first-order valence-corrected chi connectivity index (χ1v) is 10.8. The summed E-state index contributed by atoms with van der Waals surface area (Å²) in [6.07, 6.45) is 1.71. The van der Waals surface area contributed by atoms with Gasteiger partial charge in [-0.25, -0.2) is 12.7 Å². The van der Waals surface area contributed by atoms with Gasteiger partial charge in [0.1, 0.15) is 5.25 Å². The number of rotatable bonds is 4. The molecule has 142 valence electrons. The lowest BCUT2D eigenvalue weighted by Crippen LogP contribution is -2.51. The zero-order valence-electron chi connectivity index (χ0n) is 15.1. The third-order valence-corrected chi connectivity index (χ3v) is 8.44. The maximum absolute atomic E-state index is 13.1. The molecule has 2 aliphatic heterocycles. The van der Waals surface area contributed by atoms with Crippen molar-refractivity contribution in [2.75, 3.05) is 13.1 Å². The summed E-state index contributed by atoms with van der Waals surface area (Å²) < 4.78 is 27.7. The number of nitriles is 1. The molecule has 2 fully saturated rings. The fraction of sp³-hybridized carbons (Fsp3) is 0.611. The molecule has 0 aromatic heterocycles. The normalized spacial score (nSPS) is 29.4. The highest BCUT2D eigenvalue weighted by atomic mass is 35.5. The SMILES string of the molecule is CC1NNC(C)C1S(=O)(=O)N1CCC(C#N)(Cc2ccc(Cl)cc2)CC1. The molecule has 2 saturated heterocycles. The Kier molecular flexibility index (Phi) is 5.61. The molecule has 6 nitrogen and oxygen atoms in total. The highest BCUT2D eigenvalue weighted by Crippen LogP contribution is 2.36. The molecule has 0 saturated carbocycles. The molecular weight excluding hydrogens is 372 g/mol. The molecule has 2 unspecified atom stereocenters. The number of benzene rings is 1. The summed E-state index contributed by atoms with van der Waals surface area (Å²) in [5.74, 6) is 0. The molecular formula is C18H25ClN4O2S. The summed E-state index contributed by atoms with van der Waals surface area (Å²) in [6, 6.07) is 9.68. The molecule has 1 aromatic carbocycles. The molecule has 0 amide bonds. The Hall–Kier alpha value is -1.17. The Morgan fingerprint density at radius 3 is 2.23 bits per heavy atom. The van der Waals surface area contributed by atoms with Crippen LogP contribution < -0.4 is 10.9 Å². The fourth-order valence-electron chi connectivity index (χ4n) is 4.04. The summed E-state index contributed by atoms with van der Waals surface area (Å²) in [5, 5.41) is 9.96. The lowest BCUT2D eigenvalue weighted by molar-refractivity contribution is 0.210. The van der Waals surface area contributed by atoms with Crippen LogP contribution >= 0.6 is 11.6 Å². The molecule has 0 radical (unpaired) electrons. The third-order valence-electron chi connectivity index (χ3n) is 5.60. The summed E-state index contributed by atoms with van der Waals surface area (Å²) in [6.45, 7) is 4.53. The Balaban J connectivity index is 1.71. The average Bonchev–Trinajstić information content (AvgIpc) is 2.96. The molecule has 0 bridgehead atoms. The Morgan fingerprint density at radius 1 is 1.19 bits per heavy atom. The van der Waals surface area contributed by atoms with Crippen LogP contribution in [0.2, 0.25) is 5.02 Å². The minimum Gasteiger partial charge on any atom is -0.253 e. The van der Waals surface area contributed by atoms with Gasteiger partial charge in [0.05, 0.1) is 11.5 Å². The molecule has 2 N–H and O–H groups in total. The Bertz CT molecular complexity index is 772. The predicted molar refractivity (Wildman–Crippen MR) is 102 cm³/mol. The van der Waals surface area contributed by atoms with E-state index in [0.717, 1.165) is 5.56 Å². The second-order valence-corrected chi connectivity index (χ2v) is 10.00. The van der Waals surface area contributed by atoms with Crippen molar-refractivity contribution < 1.29 is 8.42 Å². The van der Waals surface area contributed by atoms with Crippen molar-refractivity contribution in [3.8, 4) is 6.07 Å². The van der Waals surface area contributed by atoms with E-state index in [1.54, 1.807) is 4.31 Å². The van der Waals surface area contributed by atoms with Gasteiger partial charge in [-0.15, -0.1) is 0 Å². The molecule has 0 aliphatic carbocycles. The lowest BCUT2D eigenvalue weighted by atomic mass is 9.75. The number of hydrazine groups is 1. The van der Waals surface area contributed by atoms with Crippen molar-refractivity contribution in [2.24, 2.45) is 5.41 Å². The third kappa shape index (κ3) is 3.75. The van der Waals surface area contributed by atoms with Gasteiger partial charge in [0.2, 0.25) is 10.0 Å². The van der Waals surface area contributed by atoms with Crippen molar-refractivity contribution in [2.45, 2.75) is 50.4 Å². The van der Waals surface area contributed by atoms with E-state index in [0.29, 0.717) is 37.4 Å². The second-order valence-electron chi connectivity index (χ2n) is 7.47. The van der Waals surface area contributed by atoms with E-state index in [1.807, 2.05) is 38.1 Å². The molecule has 3 rings (SSSR count). The number of hydrogen-bond donors (Lipinski definition) is 2. The Morgan fingerprint density at radius 2 is 1.73 bits per heavy atom. The fourth-order valence-corrected chi connectivity index (χ4v) is 6.37. The van der Waals surface area contributed by atoms with Crippen molar-refractivity contribution in [3.63, 3.8) is 0 Å². The maximum atomic E-state index is 13.1. The molecule has 26 heavy (non-hydrogen) atoms. The zero-order chi connectivity index (χ0) is 18.9. The van der Waals surface area contributed by atoms with Crippen molar-refractivity contribution in [1.29, 1.82) is 5.26 Å². The zero-order valence-corrected chi connectivity index (χ0v) is 16.6. The van der Waals surface area contributed by atoms with Gasteiger partial charge in [-0.2, -0.15) is 5.26 Å². The van der Waals surface area contributed by atoms with Crippen LogP contribution in [0.1, 0.15) is 32.3 Å². The quantitative estimate of drug-likeness (QED) is 0.813. The van der Waals surface area contributed by atoms with Crippen LogP contribution in [-0.4, -0.2) is 43.1 Å². The molecule has 0 spiro atoms. The predicted octanol–water partition coefficient (Wildman–Crippen LogP) is 2.07. The van der Waals surface area contributed by atoms with Crippen LogP contribution in [-0.2, 0) is 16.4 Å². The number of hydrogen-bond acceptors (Lipinski definition) is 5. The highest BCUT2D eigenvalue weighted by molar-refractivity contribution is 7.89. The number of nitrogens with one attached hydrogen (secondary N) is 2. The smallest absolute Gasteiger partial charge is 0.220 e. The van der Waals surface area contributed by atoms with Gasteiger partial charge in [-0.3, -0.25) is 10.9 Å². The number of nitrogens with zero attached hydrogens (tertiary/aromatic N) is 2. The molecule has 8 heteroatoms. The van der Waals surface area contributed by atoms with Gasteiger partial charge in [0.15, 0.2) is 0 Å². The average molecular weight is 397 g/mol. The van der Waals surface area contributed by atoms with E-state index in [4.69, 9.17) is 11.6 Å². The number of halogens is 1. The summed E-state index contributed by atoms with van der Waals surface area (Å²) >= 11 is 5.93. The van der Waals surface area contributed by atoms with Gasteiger partial charge in [-0.1, -0.05) is 23.7 Å². The van der Waals surface area contributed by atoms with Gasteiger partial charge >= 0.3 is 0 Å². The first kappa shape index (κ1) is 19.6.